The van der Waals surface area contributed by atoms with Gasteiger partial charge in [-0.2, -0.15) is 0 Å². The number of benzene rings is 2. The third kappa shape index (κ3) is 2.98. The third-order valence-electron chi connectivity index (χ3n) is 3.48. The Hall–Kier alpha value is -2.59. The molecule has 0 radical (unpaired) electrons. The van der Waals surface area contributed by atoms with Crippen molar-refractivity contribution in [1.82, 2.24) is 0 Å². The fourth-order valence-corrected chi connectivity index (χ4v) is 2.44. The van der Waals surface area contributed by atoms with Gasteiger partial charge in [0, 0.05) is 10.4 Å². The van der Waals surface area contributed by atoms with Crippen molar-refractivity contribution in [3.05, 3.63) is 74.6 Å². The Morgan fingerprint density at radius 1 is 1.09 bits per heavy atom. The number of hydrogen-bond donors (Lipinski definition) is 0. The number of esters is 1. The third-order valence-corrected chi connectivity index (χ3v) is 4.08. The number of carbonyl (C=O) groups is 1. The number of hydrogen-bond acceptors (Lipinski definition) is 4. The predicted octanol–water partition coefficient (Wildman–Crippen LogP) is 4.28. The molecule has 0 bridgehead atoms. The van der Waals surface area contributed by atoms with Crippen molar-refractivity contribution in [1.29, 1.82) is 0 Å². The molecule has 0 saturated heterocycles. The maximum absolute atomic E-state index is 12.3. The summed E-state index contributed by atoms with van der Waals surface area (Å²) in [4.78, 5) is 24.2. The first-order valence-electron chi connectivity index (χ1n) is 6.97. The molecule has 4 nitrogen and oxygen atoms in total. The molecular weight excluding hydrogens is 316 g/mol. The molecule has 23 heavy (non-hydrogen) atoms. The quantitative estimate of drug-likeness (QED) is 0.400. The standard InChI is InChI=1S/C18H13ClO4/c1-10-7-13(8-11(2)16(10)19)22-17(20)14-9-12-5-3-4-6-15(12)23-18(14)21/h3-9H,1-2H3. The van der Waals surface area contributed by atoms with Crippen molar-refractivity contribution < 1.29 is 13.9 Å². The Labute approximate surface area is 137 Å². The summed E-state index contributed by atoms with van der Waals surface area (Å²) >= 11 is 6.09. The van der Waals surface area contributed by atoms with Crippen LogP contribution in [0.5, 0.6) is 5.75 Å². The van der Waals surface area contributed by atoms with Gasteiger partial charge in [-0.1, -0.05) is 29.8 Å². The number of halogens is 1. The lowest BCUT2D eigenvalue weighted by atomic mass is 10.1. The summed E-state index contributed by atoms with van der Waals surface area (Å²) in [6.07, 6.45) is 0. The van der Waals surface area contributed by atoms with Crippen molar-refractivity contribution in [3.63, 3.8) is 0 Å². The fourth-order valence-electron chi connectivity index (χ4n) is 2.33. The molecule has 0 fully saturated rings. The molecule has 0 unspecified atom stereocenters. The highest BCUT2D eigenvalue weighted by atomic mass is 35.5. The van der Waals surface area contributed by atoms with Gasteiger partial charge < -0.3 is 9.15 Å². The van der Waals surface area contributed by atoms with Crippen LogP contribution in [0.25, 0.3) is 11.0 Å². The van der Waals surface area contributed by atoms with Crippen LogP contribution in [0.15, 0.2) is 51.7 Å². The van der Waals surface area contributed by atoms with Crippen molar-refractivity contribution in [3.8, 4) is 5.75 Å². The molecule has 5 heteroatoms. The molecular formula is C18H13ClO4. The van der Waals surface area contributed by atoms with Gasteiger partial charge in [-0.15, -0.1) is 0 Å². The van der Waals surface area contributed by atoms with E-state index in [1.807, 2.05) is 13.8 Å². The summed E-state index contributed by atoms with van der Waals surface area (Å²) in [7, 11) is 0. The number of carbonyl (C=O) groups excluding carboxylic acids is 1. The number of para-hydroxylation sites is 1. The Balaban J connectivity index is 1.98. The second-order valence-electron chi connectivity index (χ2n) is 5.25. The van der Waals surface area contributed by atoms with Gasteiger partial charge in [-0.25, -0.2) is 9.59 Å². The zero-order chi connectivity index (χ0) is 16.6. The minimum absolute atomic E-state index is 0.144. The van der Waals surface area contributed by atoms with Crippen LogP contribution >= 0.6 is 11.6 Å². The summed E-state index contributed by atoms with van der Waals surface area (Å²) in [6, 6.07) is 11.7. The molecule has 0 atom stereocenters. The average Bonchev–Trinajstić information content (AvgIpc) is 2.51. The molecule has 116 valence electrons. The molecule has 1 heterocycles. The molecule has 2 aromatic carbocycles. The first kappa shape index (κ1) is 15.3. The number of aryl methyl sites for hydroxylation is 2. The van der Waals surface area contributed by atoms with Gasteiger partial charge in [0.2, 0.25) is 0 Å². The molecule has 0 N–H and O–H groups in total. The minimum Gasteiger partial charge on any atom is -0.423 e. The fraction of sp³-hybridized carbons (Fsp3) is 0.111. The van der Waals surface area contributed by atoms with E-state index in [1.54, 1.807) is 36.4 Å². The van der Waals surface area contributed by atoms with E-state index in [-0.39, 0.29) is 5.56 Å². The van der Waals surface area contributed by atoms with E-state index in [1.165, 1.54) is 6.07 Å². The van der Waals surface area contributed by atoms with Crippen molar-refractivity contribution in [2.45, 2.75) is 13.8 Å². The topological polar surface area (TPSA) is 56.5 Å². The lowest BCUT2D eigenvalue weighted by Gasteiger charge is -2.08. The normalized spacial score (nSPS) is 10.7. The van der Waals surface area contributed by atoms with Crippen LogP contribution < -0.4 is 10.4 Å². The van der Waals surface area contributed by atoms with E-state index >= 15 is 0 Å². The van der Waals surface area contributed by atoms with Gasteiger partial charge in [0.25, 0.3) is 0 Å². The second kappa shape index (κ2) is 5.89. The Bertz CT molecular complexity index is 949. The highest BCUT2D eigenvalue weighted by Gasteiger charge is 2.17. The van der Waals surface area contributed by atoms with Gasteiger partial charge in [-0.05, 0) is 49.2 Å². The summed E-state index contributed by atoms with van der Waals surface area (Å²) in [6.45, 7) is 3.63. The molecule has 0 amide bonds. The SMILES string of the molecule is Cc1cc(OC(=O)c2cc3ccccc3oc2=O)cc(C)c1Cl. The van der Waals surface area contributed by atoms with Crippen molar-refractivity contribution >= 4 is 28.5 Å². The molecule has 1 aromatic heterocycles. The largest absolute Gasteiger partial charge is 0.423 e. The van der Waals surface area contributed by atoms with Gasteiger partial charge in [0.05, 0.1) is 0 Å². The van der Waals surface area contributed by atoms with Crippen LogP contribution in [0, 0.1) is 13.8 Å². The predicted molar refractivity (Wildman–Crippen MR) is 88.4 cm³/mol. The lowest BCUT2D eigenvalue weighted by Crippen LogP contribution is -2.18. The highest BCUT2D eigenvalue weighted by Crippen LogP contribution is 2.26. The van der Waals surface area contributed by atoms with Crippen LogP contribution in [0.2, 0.25) is 5.02 Å². The van der Waals surface area contributed by atoms with Crippen LogP contribution in [-0.2, 0) is 0 Å². The minimum atomic E-state index is -0.759. The zero-order valence-electron chi connectivity index (χ0n) is 12.6. The van der Waals surface area contributed by atoms with E-state index in [4.69, 9.17) is 20.8 Å². The molecule has 0 aliphatic carbocycles. The van der Waals surface area contributed by atoms with E-state index in [0.29, 0.717) is 21.7 Å². The highest BCUT2D eigenvalue weighted by molar-refractivity contribution is 6.32. The molecule has 0 aliphatic rings. The van der Waals surface area contributed by atoms with E-state index in [9.17, 15) is 9.59 Å². The molecule has 0 aliphatic heterocycles. The summed E-state index contributed by atoms with van der Waals surface area (Å²) in [5.41, 5.74) is 1.14. The van der Waals surface area contributed by atoms with Gasteiger partial charge in [0.15, 0.2) is 0 Å². The second-order valence-corrected chi connectivity index (χ2v) is 5.62. The summed E-state index contributed by atoms with van der Waals surface area (Å²) < 4.78 is 10.4. The zero-order valence-corrected chi connectivity index (χ0v) is 13.3. The summed E-state index contributed by atoms with van der Waals surface area (Å²) in [5, 5.41) is 1.28. The molecule has 0 spiro atoms. The first-order chi connectivity index (χ1) is 11.0. The van der Waals surface area contributed by atoms with Crippen LogP contribution in [0.1, 0.15) is 21.5 Å². The van der Waals surface area contributed by atoms with E-state index in [0.717, 1.165) is 11.1 Å². The Morgan fingerprint density at radius 2 is 1.74 bits per heavy atom. The van der Waals surface area contributed by atoms with E-state index < -0.39 is 11.6 Å². The molecule has 3 aromatic rings. The van der Waals surface area contributed by atoms with Crippen LogP contribution in [0.3, 0.4) is 0 Å². The van der Waals surface area contributed by atoms with Crippen LogP contribution in [-0.4, -0.2) is 5.97 Å². The monoisotopic (exact) mass is 328 g/mol. The van der Waals surface area contributed by atoms with Crippen molar-refractivity contribution in [2.75, 3.05) is 0 Å². The van der Waals surface area contributed by atoms with E-state index in [2.05, 4.69) is 0 Å². The number of rotatable bonds is 2. The van der Waals surface area contributed by atoms with Gasteiger partial charge in [-0.3, -0.25) is 0 Å². The number of fused-ring (bicyclic) bond motifs is 1. The van der Waals surface area contributed by atoms with Gasteiger partial charge >= 0.3 is 11.6 Å². The Morgan fingerprint density at radius 3 is 2.43 bits per heavy atom. The first-order valence-corrected chi connectivity index (χ1v) is 7.35. The Kier molecular flexibility index (Phi) is 3.92. The molecule has 3 rings (SSSR count). The van der Waals surface area contributed by atoms with Crippen LogP contribution in [0.4, 0.5) is 0 Å². The number of ether oxygens (including phenoxy) is 1. The maximum Gasteiger partial charge on any atom is 0.351 e. The average molecular weight is 329 g/mol. The van der Waals surface area contributed by atoms with Crippen molar-refractivity contribution in [2.24, 2.45) is 0 Å². The maximum atomic E-state index is 12.3. The molecule has 0 saturated carbocycles. The lowest BCUT2D eigenvalue weighted by molar-refractivity contribution is 0.0730. The van der Waals surface area contributed by atoms with Gasteiger partial charge in [0.1, 0.15) is 16.9 Å². The summed E-state index contributed by atoms with van der Waals surface area (Å²) in [5.74, 6) is -0.424. The smallest absolute Gasteiger partial charge is 0.351 e.